The number of methoxy groups -OCH3 is 1. The van der Waals surface area contributed by atoms with Crippen molar-refractivity contribution in [1.29, 1.82) is 0 Å². The highest BCUT2D eigenvalue weighted by atomic mass is 16.5. The second-order valence-electron chi connectivity index (χ2n) is 8.96. The van der Waals surface area contributed by atoms with Crippen molar-refractivity contribution in [2.24, 2.45) is 0 Å². The van der Waals surface area contributed by atoms with Crippen molar-refractivity contribution in [2.45, 2.75) is 26.5 Å². The van der Waals surface area contributed by atoms with E-state index in [4.69, 9.17) is 13.9 Å². The van der Waals surface area contributed by atoms with Crippen molar-refractivity contribution >= 4 is 28.7 Å². The Morgan fingerprint density at radius 3 is 2.46 bits per heavy atom. The molecule has 1 aliphatic heterocycles. The lowest BCUT2D eigenvalue weighted by atomic mass is 10.2. The van der Waals surface area contributed by atoms with Crippen LogP contribution in [0.5, 0.6) is 5.75 Å². The number of carbonyl (C=O) groups is 3. The van der Waals surface area contributed by atoms with Gasteiger partial charge in [0.1, 0.15) is 24.5 Å². The molecule has 37 heavy (non-hydrogen) atoms. The number of nitrogens with zero attached hydrogens (tertiary/aromatic N) is 3. The van der Waals surface area contributed by atoms with E-state index in [0.29, 0.717) is 25.2 Å². The Kier molecular flexibility index (Phi) is 8.45. The first-order valence-electron chi connectivity index (χ1n) is 12.5. The number of benzene rings is 2. The molecule has 1 fully saturated rings. The number of ether oxygens (including phenoxy) is 2. The summed E-state index contributed by atoms with van der Waals surface area (Å²) in [6.07, 6.45) is -0.544. The molecule has 0 saturated carbocycles. The molecule has 1 aromatic heterocycles. The lowest BCUT2D eigenvalue weighted by molar-refractivity contribution is -0.138. The van der Waals surface area contributed by atoms with Gasteiger partial charge in [-0.1, -0.05) is 30.3 Å². The number of hydrogen-bond donors (Lipinski definition) is 0. The van der Waals surface area contributed by atoms with E-state index in [2.05, 4.69) is 0 Å². The number of para-hydroxylation sites is 1. The summed E-state index contributed by atoms with van der Waals surface area (Å²) in [5, 5.41) is 0.811. The van der Waals surface area contributed by atoms with Gasteiger partial charge in [-0.2, -0.15) is 0 Å². The summed E-state index contributed by atoms with van der Waals surface area (Å²) in [6.45, 7) is 5.52. The average molecular weight is 508 g/mol. The number of furan rings is 1. The van der Waals surface area contributed by atoms with Gasteiger partial charge in [-0.3, -0.25) is 14.4 Å². The van der Waals surface area contributed by atoms with Crippen LogP contribution >= 0.6 is 0 Å². The summed E-state index contributed by atoms with van der Waals surface area (Å²) in [6, 6.07) is 16.5. The molecule has 3 aromatic rings. The quantitative estimate of drug-likeness (QED) is 0.442. The number of rotatable bonds is 9. The summed E-state index contributed by atoms with van der Waals surface area (Å²) in [5.41, 5.74) is 1.52. The van der Waals surface area contributed by atoms with E-state index >= 15 is 0 Å². The van der Waals surface area contributed by atoms with Gasteiger partial charge in [-0.15, -0.1) is 0 Å². The van der Waals surface area contributed by atoms with E-state index in [9.17, 15) is 14.4 Å². The Balaban J connectivity index is 1.54. The molecule has 4 rings (SSSR count). The highest BCUT2D eigenvalue weighted by Gasteiger charge is 2.33. The average Bonchev–Trinajstić information content (AvgIpc) is 3.29. The standard InChI is InChI=1S/C28H33N3O6/c1-4-29(5-2)27(33)19-36-23-16-30(15-20-10-12-22(35-3)13-11-20)26(32)18-31(17-23)28(34)25-14-21-8-6-7-9-24(21)37-25/h6-14,23H,4-5,15-19H2,1-3H3. The van der Waals surface area contributed by atoms with E-state index < -0.39 is 6.10 Å². The zero-order valence-electron chi connectivity index (χ0n) is 21.5. The van der Waals surface area contributed by atoms with Crippen molar-refractivity contribution in [2.75, 3.05) is 46.4 Å². The van der Waals surface area contributed by atoms with Gasteiger partial charge in [0, 0.05) is 38.1 Å². The van der Waals surface area contributed by atoms with Crippen molar-refractivity contribution in [1.82, 2.24) is 14.7 Å². The lowest BCUT2D eigenvalue weighted by Crippen LogP contribution is -2.41. The molecule has 2 heterocycles. The first-order valence-corrected chi connectivity index (χ1v) is 12.5. The Morgan fingerprint density at radius 1 is 1.05 bits per heavy atom. The Morgan fingerprint density at radius 2 is 1.78 bits per heavy atom. The SMILES string of the molecule is CCN(CC)C(=O)COC1CN(Cc2ccc(OC)cc2)C(=O)CN(C(=O)c2cc3ccccc3o2)C1. The molecule has 0 radical (unpaired) electrons. The minimum Gasteiger partial charge on any atom is -0.497 e. The van der Waals surface area contributed by atoms with Crippen LogP contribution in [-0.2, 0) is 20.9 Å². The highest BCUT2D eigenvalue weighted by Crippen LogP contribution is 2.22. The van der Waals surface area contributed by atoms with Crippen LogP contribution in [0.2, 0.25) is 0 Å². The van der Waals surface area contributed by atoms with Crippen LogP contribution < -0.4 is 4.74 Å². The first-order chi connectivity index (χ1) is 17.9. The molecule has 0 aliphatic carbocycles. The van der Waals surface area contributed by atoms with E-state index in [1.54, 1.807) is 29.0 Å². The Labute approximate surface area is 216 Å². The van der Waals surface area contributed by atoms with Gasteiger partial charge in [-0.25, -0.2) is 0 Å². The second kappa shape index (κ2) is 11.9. The summed E-state index contributed by atoms with van der Waals surface area (Å²) >= 11 is 0. The second-order valence-corrected chi connectivity index (χ2v) is 8.96. The molecule has 0 bridgehead atoms. The molecule has 9 heteroatoms. The molecule has 1 saturated heterocycles. The third kappa shape index (κ3) is 6.29. The fourth-order valence-electron chi connectivity index (χ4n) is 4.44. The van der Waals surface area contributed by atoms with Crippen molar-refractivity contribution in [3.8, 4) is 5.75 Å². The van der Waals surface area contributed by atoms with E-state index in [-0.39, 0.29) is 49.7 Å². The molecule has 9 nitrogen and oxygen atoms in total. The molecular weight excluding hydrogens is 474 g/mol. The molecule has 1 aliphatic rings. The predicted octanol–water partition coefficient (Wildman–Crippen LogP) is 3.18. The van der Waals surface area contributed by atoms with Crippen LogP contribution in [0.15, 0.2) is 59.0 Å². The molecule has 3 amide bonds. The minimum absolute atomic E-state index is 0.115. The monoisotopic (exact) mass is 507 g/mol. The van der Waals surface area contributed by atoms with Crippen LogP contribution in [0.3, 0.4) is 0 Å². The normalized spacial score (nSPS) is 16.1. The van der Waals surface area contributed by atoms with Gasteiger partial charge < -0.3 is 28.6 Å². The van der Waals surface area contributed by atoms with E-state index in [1.807, 2.05) is 56.3 Å². The number of hydrogen-bond acceptors (Lipinski definition) is 6. The van der Waals surface area contributed by atoms with Gasteiger partial charge in [0.15, 0.2) is 5.76 Å². The third-order valence-corrected chi connectivity index (χ3v) is 6.54. The molecule has 0 spiro atoms. The Bertz CT molecular complexity index is 1200. The lowest BCUT2D eigenvalue weighted by Gasteiger charge is -2.26. The van der Waals surface area contributed by atoms with Gasteiger partial charge in [0.05, 0.1) is 13.2 Å². The number of fused-ring (bicyclic) bond motifs is 1. The summed E-state index contributed by atoms with van der Waals surface area (Å²) in [5.74, 6) is 0.165. The first kappa shape index (κ1) is 26.2. The fraction of sp³-hybridized carbons (Fsp3) is 0.393. The molecule has 2 aromatic carbocycles. The van der Waals surface area contributed by atoms with Gasteiger partial charge >= 0.3 is 0 Å². The maximum Gasteiger partial charge on any atom is 0.290 e. The number of carbonyl (C=O) groups excluding carboxylic acids is 3. The molecule has 0 N–H and O–H groups in total. The molecule has 196 valence electrons. The molecule has 1 unspecified atom stereocenters. The molecule has 1 atom stereocenters. The summed E-state index contributed by atoms with van der Waals surface area (Å²) < 4.78 is 17.0. The zero-order valence-corrected chi connectivity index (χ0v) is 21.5. The maximum absolute atomic E-state index is 13.4. The van der Waals surface area contributed by atoms with Crippen LogP contribution in [-0.4, -0.2) is 85.0 Å². The largest absolute Gasteiger partial charge is 0.497 e. The van der Waals surface area contributed by atoms with Crippen molar-refractivity contribution in [3.63, 3.8) is 0 Å². The van der Waals surface area contributed by atoms with Crippen molar-refractivity contribution < 1.29 is 28.3 Å². The zero-order chi connectivity index (χ0) is 26.4. The fourth-order valence-corrected chi connectivity index (χ4v) is 4.44. The smallest absolute Gasteiger partial charge is 0.290 e. The van der Waals surface area contributed by atoms with Crippen LogP contribution in [0.4, 0.5) is 0 Å². The number of likely N-dealkylation sites (N-methyl/N-ethyl adjacent to an activating group) is 1. The van der Waals surface area contributed by atoms with Gasteiger partial charge in [0.25, 0.3) is 5.91 Å². The Hall–Kier alpha value is -3.85. The number of amides is 3. The van der Waals surface area contributed by atoms with Crippen LogP contribution in [0, 0.1) is 0 Å². The molecular formula is C28H33N3O6. The minimum atomic E-state index is -0.544. The van der Waals surface area contributed by atoms with E-state index in [0.717, 1.165) is 16.7 Å². The predicted molar refractivity (Wildman–Crippen MR) is 138 cm³/mol. The van der Waals surface area contributed by atoms with Gasteiger partial charge in [0.2, 0.25) is 11.8 Å². The summed E-state index contributed by atoms with van der Waals surface area (Å²) in [7, 11) is 1.60. The maximum atomic E-state index is 13.4. The van der Waals surface area contributed by atoms with Crippen LogP contribution in [0.25, 0.3) is 11.0 Å². The van der Waals surface area contributed by atoms with E-state index in [1.165, 1.54) is 4.90 Å². The van der Waals surface area contributed by atoms with Crippen molar-refractivity contribution in [3.05, 3.63) is 65.9 Å². The van der Waals surface area contributed by atoms with Crippen LogP contribution in [0.1, 0.15) is 30.0 Å². The third-order valence-electron chi connectivity index (χ3n) is 6.54. The summed E-state index contributed by atoms with van der Waals surface area (Å²) in [4.78, 5) is 44.1. The van der Waals surface area contributed by atoms with Gasteiger partial charge in [-0.05, 0) is 43.7 Å². The highest BCUT2D eigenvalue weighted by molar-refractivity contribution is 5.98. The topological polar surface area (TPSA) is 92.5 Å².